The third-order valence-electron chi connectivity index (χ3n) is 9.52. The van der Waals surface area contributed by atoms with Gasteiger partial charge in [0.25, 0.3) is 0 Å². The van der Waals surface area contributed by atoms with Gasteiger partial charge in [-0.2, -0.15) is 11.3 Å². The minimum absolute atomic E-state index is 0. The summed E-state index contributed by atoms with van der Waals surface area (Å²) in [5.74, 6) is 1.76. The van der Waals surface area contributed by atoms with Gasteiger partial charge in [-0.1, -0.05) is 131 Å². The molecule has 0 aliphatic rings. The van der Waals surface area contributed by atoms with Crippen LogP contribution in [0.25, 0.3) is 53.8 Å². The van der Waals surface area contributed by atoms with Crippen molar-refractivity contribution in [1.82, 2.24) is 9.97 Å². The Morgan fingerprint density at radius 2 is 1.45 bits per heavy atom. The largest absolute Gasteiger partial charge is 0.305 e. The maximum absolute atomic E-state index is 4.73. The van der Waals surface area contributed by atoms with Crippen LogP contribution in [0.4, 0.5) is 0 Å². The Morgan fingerprint density at radius 3 is 2.14 bits per heavy atom. The van der Waals surface area contributed by atoms with Crippen LogP contribution in [0, 0.1) is 24.0 Å². The number of aromatic nitrogens is 2. The third-order valence-corrected chi connectivity index (χ3v) is 12.9. The van der Waals surface area contributed by atoms with Gasteiger partial charge in [0, 0.05) is 37.2 Å². The van der Waals surface area contributed by atoms with E-state index in [4.69, 9.17) is 4.98 Å². The normalized spacial score (nSPS) is 12.1. The van der Waals surface area contributed by atoms with Gasteiger partial charge in [0.15, 0.2) is 0 Å². The number of nitrogens with zero attached hydrogens (tertiary/aromatic N) is 2. The fraction of sp³-hybridized carbons (Fsp3) is 0.261. The second-order valence-corrected chi connectivity index (χ2v) is 21.2. The van der Waals surface area contributed by atoms with Gasteiger partial charge in [-0.25, -0.2) is 0 Å². The number of thiophene rings is 1. The van der Waals surface area contributed by atoms with Gasteiger partial charge in [-0.05, 0) is 68.0 Å². The van der Waals surface area contributed by atoms with Crippen LogP contribution in [0.5, 0.6) is 0 Å². The molecule has 0 N–H and O–H groups in total. The molecule has 263 valence electrons. The van der Waals surface area contributed by atoms with Crippen LogP contribution in [0.3, 0.4) is 0 Å². The summed E-state index contributed by atoms with van der Waals surface area (Å²) in [6.45, 7) is 18.6. The summed E-state index contributed by atoms with van der Waals surface area (Å²) < 4.78 is 2.59. The molecule has 0 bridgehead atoms. The van der Waals surface area contributed by atoms with E-state index in [0.29, 0.717) is 17.8 Å². The molecule has 3 heterocycles. The van der Waals surface area contributed by atoms with Gasteiger partial charge in [-0.15, -0.1) is 59.7 Å². The SMILES string of the molecule is CC(C)C(C)c1ccnc(-c2[c-]ccc3c2sc2c(-c4ccccc4)cccc23)c1.CC(C)Cc1cc(-c2[c-]cccc2)ncc1[Si](C)(C)C.[Ir]. The van der Waals surface area contributed by atoms with E-state index in [-0.39, 0.29) is 20.1 Å². The van der Waals surface area contributed by atoms with Crippen LogP contribution in [0.1, 0.15) is 51.7 Å². The predicted octanol–water partition coefficient (Wildman–Crippen LogP) is 12.6. The zero-order valence-electron chi connectivity index (χ0n) is 31.0. The molecular formula is C46H48IrN2SSi-2. The number of fused-ring (bicyclic) bond motifs is 3. The first-order chi connectivity index (χ1) is 24.0. The Bertz CT molecular complexity index is 2200. The molecule has 2 nitrogen and oxygen atoms in total. The van der Waals surface area contributed by atoms with Crippen LogP contribution in [-0.2, 0) is 26.5 Å². The topological polar surface area (TPSA) is 25.8 Å². The van der Waals surface area contributed by atoms with E-state index >= 15 is 0 Å². The molecule has 3 aromatic heterocycles. The van der Waals surface area contributed by atoms with Gasteiger partial charge in [0.1, 0.15) is 0 Å². The molecule has 1 atom stereocenters. The quantitative estimate of drug-likeness (QED) is 0.112. The molecule has 5 heteroatoms. The minimum atomic E-state index is -1.34. The summed E-state index contributed by atoms with van der Waals surface area (Å²) in [7, 11) is -1.34. The van der Waals surface area contributed by atoms with Gasteiger partial charge in [0.05, 0.1) is 8.07 Å². The fourth-order valence-corrected chi connectivity index (χ4v) is 9.46. The molecule has 0 amide bonds. The molecule has 1 radical (unpaired) electrons. The monoisotopic (exact) mass is 881 g/mol. The Balaban J connectivity index is 0.000000211. The van der Waals surface area contributed by atoms with Crippen molar-refractivity contribution in [2.45, 2.75) is 66.6 Å². The molecule has 0 saturated heterocycles. The van der Waals surface area contributed by atoms with Gasteiger partial charge < -0.3 is 9.97 Å². The second kappa shape index (κ2) is 16.7. The van der Waals surface area contributed by atoms with Crippen molar-refractivity contribution < 1.29 is 20.1 Å². The Labute approximate surface area is 323 Å². The van der Waals surface area contributed by atoms with Crippen LogP contribution in [0.15, 0.2) is 116 Å². The standard InChI is InChI=1S/C28H24NS.C18H24NSi.Ir/c1-18(2)19(3)21-15-16-29-26(17-21)25-14-8-13-24-23-12-7-11-22(27(23)30-28(24)25)20-9-5-4-6-10-20;1-14(2)11-16-12-17(15-9-7-6-8-10-15)19-13-18(16)20(3,4)5;/h4-13,15-19H,1-3H3;6-9,12-14H,11H2,1-5H3;/q2*-1;. The first-order valence-electron chi connectivity index (χ1n) is 17.9. The van der Waals surface area contributed by atoms with Crippen molar-refractivity contribution in [2.75, 3.05) is 0 Å². The summed E-state index contributed by atoms with van der Waals surface area (Å²) in [6, 6.07) is 43.0. The Kier molecular flexibility index (Phi) is 12.6. The summed E-state index contributed by atoms with van der Waals surface area (Å²) in [4.78, 5) is 9.41. The first-order valence-corrected chi connectivity index (χ1v) is 22.2. The smallest absolute Gasteiger partial charge is 0.0798 e. The average molecular weight is 881 g/mol. The summed E-state index contributed by atoms with van der Waals surface area (Å²) >= 11 is 1.85. The van der Waals surface area contributed by atoms with E-state index < -0.39 is 8.07 Å². The average Bonchev–Trinajstić information content (AvgIpc) is 3.51. The number of benzene rings is 4. The van der Waals surface area contributed by atoms with Crippen LogP contribution in [0.2, 0.25) is 19.6 Å². The summed E-state index contributed by atoms with van der Waals surface area (Å²) in [5, 5.41) is 4.08. The summed E-state index contributed by atoms with van der Waals surface area (Å²) in [6.07, 6.45) is 5.18. The Hall–Kier alpha value is -3.73. The van der Waals surface area contributed by atoms with Crippen LogP contribution >= 0.6 is 11.3 Å². The van der Waals surface area contributed by atoms with Crippen molar-refractivity contribution in [3.8, 4) is 33.6 Å². The minimum Gasteiger partial charge on any atom is -0.305 e. The maximum Gasteiger partial charge on any atom is 0.0798 e. The fourth-order valence-electron chi connectivity index (χ4n) is 6.53. The molecule has 0 saturated carbocycles. The van der Waals surface area contributed by atoms with Crippen molar-refractivity contribution in [2.24, 2.45) is 11.8 Å². The third kappa shape index (κ3) is 8.84. The first kappa shape index (κ1) is 38.5. The molecule has 4 aromatic carbocycles. The van der Waals surface area contributed by atoms with E-state index in [9.17, 15) is 0 Å². The zero-order chi connectivity index (χ0) is 35.4. The van der Waals surface area contributed by atoms with Gasteiger partial charge in [0.2, 0.25) is 0 Å². The van der Waals surface area contributed by atoms with E-state index in [2.05, 4.69) is 156 Å². The number of hydrogen-bond donors (Lipinski definition) is 0. The molecule has 51 heavy (non-hydrogen) atoms. The van der Waals surface area contributed by atoms with E-state index in [0.717, 1.165) is 28.9 Å². The molecular weight excluding hydrogens is 833 g/mol. The predicted molar refractivity (Wildman–Crippen MR) is 220 cm³/mol. The van der Waals surface area contributed by atoms with Gasteiger partial charge in [-0.3, -0.25) is 0 Å². The molecule has 0 fully saturated rings. The Morgan fingerprint density at radius 1 is 0.706 bits per heavy atom. The number of rotatable bonds is 8. The molecule has 0 aliphatic carbocycles. The molecule has 0 spiro atoms. The molecule has 7 aromatic rings. The van der Waals surface area contributed by atoms with Crippen molar-refractivity contribution in [1.29, 1.82) is 0 Å². The van der Waals surface area contributed by atoms with Gasteiger partial charge >= 0.3 is 0 Å². The molecule has 1 unspecified atom stereocenters. The van der Waals surface area contributed by atoms with E-state index in [1.165, 1.54) is 47.6 Å². The summed E-state index contributed by atoms with van der Waals surface area (Å²) in [5.41, 5.74) is 9.60. The van der Waals surface area contributed by atoms with Crippen molar-refractivity contribution in [3.05, 3.63) is 139 Å². The number of hydrogen-bond acceptors (Lipinski definition) is 3. The van der Waals surface area contributed by atoms with Crippen LogP contribution in [-0.4, -0.2) is 18.0 Å². The molecule has 0 aliphatic heterocycles. The van der Waals surface area contributed by atoms with E-state index in [1.54, 1.807) is 0 Å². The second-order valence-electron chi connectivity index (χ2n) is 15.1. The van der Waals surface area contributed by atoms with Crippen LogP contribution < -0.4 is 5.19 Å². The van der Waals surface area contributed by atoms with Crippen molar-refractivity contribution >= 4 is 44.8 Å². The number of pyridine rings is 2. The van der Waals surface area contributed by atoms with E-state index in [1.807, 2.05) is 41.8 Å². The molecule has 7 rings (SSSR count). The van der Waals surface area contributed by atoms with Crippen molar-refractivity contribution in [3.63, 3.8) is 0 Å². The maximum atomic E-state index is 4.73. The zero-order valence-corrected chi connectivity index (χ0v) is 35.3.